The number of hydrogen-bond acceptors (Lipinski definition) is 5. The first-order valence-corrected chi connectivity index (χ1v) is 13.7. The maximum atomic E-state index is 13.6. The van der Waals surface area contributed by atoms with E-state index in [4.69, 9.17) is 4.74 Å². The fourth-order valence-electron chi connectivity index (χ4n) is 5.25. The Morgan fingerprint density at radius 3 is 2.68 bits per heavy atom. The number of carbonyl (C=O) groups excluding carboxylic acids is 2. The molecule has 1 aromatic carbocycles. The van der Waals surface area contributed by atoms with Crippen LogP contribution in [-0.4, -0.2) is 70.6 Å². The molecule has 4 rings (SSSR count). The molecule has 7 heteroatoms. The molecule has 38 heavy (non-hydrogen) atoms. The van der Waals surface area contributed by atoms with Gasteiger partial charge >= 0.3 is 0 Å². The summed E-state index contributed by atoms with van der Waals surface area (Å²) in [7, 11) is 1.84. The molecule has 0 unspecified atom stereocenters. The quantitative estimate of drug-likeness (QED) is 0.587. The van der Waals surface area contributed by atoms with E-state index in [1.165, 1.54) is 6.42 Å². The Morgan fingerprint density at radius 2 is 1.97 bits per heavy atom. The average molecular weight is 518 g/mol. The predicted octanol–water partition coefficient (Wildman–Crippen LogP) is 3.93. The lowest BCUT2D eigenvalue weighted by molar-refractivity contribution is -0.136. The van der Waals surface area contributed by atoms with Crippen LogP contribution in [0.4, 0.5) is 0 Å². The highest BCUT2D eigenvalue weighted by molar-refractivity contribution is 5.97. The van der Waals surface area contributed by atoms with Crippen molar-refractivity contribution in [3.63, 3.8) is 0 Å². The number of rotatable bonds is 6. The Balaban J connectivity index is 1.58. The zero-order valence-electron chi connectivity index (χ0n) is 22.7. The van der Waals surface area contributed by atoms with Crippen LogP contribution >= 0.6 is 0 Å². The number of aliphatic hydroxyl groups excluding tert-OH is 1. The number of benzene rings is 1. The van der Waals surface area contributed by atoms with Crippen LogP contribution in [0.2, 0.25) is 0 Å². The number of aromatic nitrogens is 1. The number of ether oxygens (including phenoxy) is 1. The molecule has 1 saturated carbocycles. The SMILES string of the molecule is C[C@H]1CN([C@@H](C)CO)C(=O)c2cc(C#CCc3ccccc3)cnc2O[C@H]1CN(C)C(=O)C1CCCCC1. The highest BCUT2D eigenvalue weighted by Gasteiger charge is 2.35. The molecular weight excluding hydrogens is 478 g/mol. The first kappa shape index (κ1) is 27.7. The molecule has 7 nitrogen and oxygen atoms in total. The standard InChI is InChI=1S/C31H39N3O4/c1-22-19-34(23(2)21-35)31(37)27-17-25(14-10-13-24-11-6-4-7-12-24)18-32-29(27)38-28(22)20-33(3)30(36)26-15-8-5-9-16-26/h4,6-7,11-12,17-18,22-23,26,28,35H,5,8-9,13,15-16,19-21H2,1-3H3/t22-,23-,28-/m0/s1. The lowest BCUT2D eigenvalue weighted by Gasteiger charge is -2.38. The molecule has 0 saturated heterocycles. The van der Waals surface area contributed by atoms with Gasteiger partial charge in [-0.3, -0.25) is 9.59 Å². The summed E-state index contributed by atoms with van der Waals surface area (Å²) in [6, 6.07) is 11.3. The highest BCUT2D eigenvalue weighted by atomic mass is 16.5. The van der Waals surface area contributed by atoms with Crippen LogP contribution in [0.3, 0.4) is 0 Å². The number of amides is 2. The molecule has 3 atom stereocenters. The van der Waals surface area contributed by atoms with Gasteiger partial charge in [-0.15, -0.1) is 0 Å². The minimum absolute atomic E-state index is 0.0742. The van der Waals surface area contributed by atoms with E-state index in [0.29, 0.717) is 30.6 Å². The van der Waals surface area contributed by atoms with Gasteiger partial charge in [0.15, 0.2) is 0 Å². The molecule has 1 fully saturated rings. The van der Waals surface area contributed by atoms with Crippen molar-refractivity contribution in [3.05, 3.63) is 59.3 Å². The fourth-order valence-corrected chi connectivity index (χ4v) is 5.25. The zero-order valence-corrected chi connectivity index (χ0v) is 22.7. The summed E-state index contributed by atoms with van der Waals surface area (Å²) in [5.74, 6) is 6.45. The maximum Gasteiger partial charge on any atom is 0.259 e. The first-order valence-electron chi connectivity index (χ1n) is 13.7. The summed E-state index contributed by atoms with van der Waals surface area (Å²) >= 11 is 0. The molecular formula is C31H39N3O4. The Hall–Kier alpha value is -3.37. The molecule has 1 aromatic heterocycles. The van der Waals surface area contributed by atoms with Crippen LogP contribution in [0.5, 0.6) is 5.88 Å². The van der Waals surface area contributed by atoms with Gasteiger partial charge in [-0.1, -0.05) is 68.4 Å². The summed E-state index contributed by atoms with van der Waals surface area (Å²) in [6.45, 7) is 4.51. The molecule has 2 aromatic rings. The second-order valence-electron chi connectivity index (χ2n) is 10.7. The summed E-state index contributed by atoms with van der Waals surface area (Å²) in [6.07, 6.45) is 7.16. The van der Waals surface area contributed by atoms with Crippen molar-refractivity contribution in [3.8, 4) is 17.7 Å². The van der Waals surface area contributed by atoms with Crippen LogP contribution in [-0.2, 0) is 11.2 Å². The lowest BCUT2D eigenvalue weighted by Crippen LogP contribution is -2.51. The van der Waals surface area contributed by atoms with Gasteiger partial charge in [-0.2, -0.15) is 0 Å². The van der Waals surface area contributed by atoms with Crippen LogP contribution in [0.25, 0.3) is 0 Å². The van der Waals surface area contributed by atoms with E-state index < -0.39 is 0 Å². The smallest absolute Gasteiger partial charge is 0.259 e. The van der Waals surface area contributed by atoms with Gasteiger partial charge in [-0.05, 0) is 31.4 Å². The number of nitrogens with zero attached hydrogens (tertiary/aromatic N) is 3. The van der Waals surface area contributed by atoms with Crippen molar-refractivity contribution >= 4 is 11.8 Å². The fraction of sp³-hybridized carbons (Fsp3) is 0.516. The Morgan fingerprint density at radius 1 is 1.24 bits per heavy atom. The van der Waals surface area contributed by atoms with E-state index in [2.05, 4.69) is 16.8 Å². The number of hydrogen-bond donors (Lipinski definition) is 1. The largest absolute Gasteiger partial charge is 0.472 e. The first-order chi connectivity index (χ1) is 18.4. The van der Waals surface area contributed by atoms with Crippen molar-refractivity contribution < 1.29 is 19.4 Å². The topological polar surface area (TPSA) is 83.0 Å². The monoisotopic (exact) mass is 517 g/mol. The number of likely N-dealkylation sites (N-methyl/N-ethyl adjacent to an activating group) is 1. The summed E-state index contributed by atoms with van der Waals surface area (Å²) < 4.78 is 6.36. The summed E-state index contributed by atoms with van der Waals surface area (Å²) in [5, 5.41) is 9.89. The number of pyridine rings is 1. The van der Waals surface area contributed by atoms with Crippen LogP contribution in [0, 0.1) is 23.7 Å². The average Bonchev–Trinajstić information content (AvgIpc) is 2.95. The van der Waals surface area contributed by atoms with Crippen LogP contribution in [0.1, 0.15) is 67.4 Å². The van der Waals surface area contributed by atoms with E-state index in [1.807, 2.05) is 51.2 Å². The van der Waals surface area contributed by atoms with Crippen LogP contribution in [0.15, 0.2) is 42.6 Å². The Kier molecular flexibility index (Phi) is 9.41. The van der Waals surface area contributed by atoms with Crippen molar-refractivity contribution in [1.82, 2.24) is 14.8 Å². The molecule has 2 aliphatic rings. The second kappa shape index (κ2) is 12.9. The number of aliphatic hydroxyl groups is 1. The van der Waals surface area contributed by atoms with Crippen molar-refractivity contribution in [2.24, 2.45) is 11.8 Å². The second-order valence-corrected chi connectivity index (χ2v) is 10.7. The van der Waals surface area contributed by atoms with Crippen molar-refractivity contribution in [2.45, 2.75) is 64.5 Å². The number of carbonyl (C=O) groups is 2. The molecule has 1 aliphatic carbocycles. The van der Waals surface area contributed by atoms with Gasteiger partial charge in [0.25, 0.3) is 5.91 Å². The van der Waals surface area contributed by atoms with Gasteiger partial charge < -0.3 is 19.6 Å². The van der Waals surface area contributed by atoms with E-state index >= 15 is 0 Å². The van der Waals surface area contributed by atoms with Crippen molar-refractivity contribution in [1.29, 1.82) is 0 Å². The summed E-state index contributed by atoms with van der Waals surface area (Å²) in [5.41, 5.74) is 2.07. The molecule has 0 radical (unpaired) electrons. The van der Waals surface area contributed by atoms with Gasteiger partial charge in [0.2, 0.25) is 11.8 Å². The molecule has 1 N–H and O–H groups in total. The molecule has 2 amide bonds. The Labute approximate surface area is 226 Å². The van der Waals surface area contributed by atoms with Gasteiger partial charge in [0.05, 0.1) is 19.2 Å². The number of fused-ring (bicyclic) bond motifs is 1. The van der Waals surface area contributed by atoms with E-state index in [-0.39, 0.29) is 48.3 Å². The third-order valence-electron chi connectivity index (χ3n) is 7.67. The normalized spacial score (nSPS) is 20.7. The van der Waals surface area contributed by atoms with E-state index in [0.717, 1.165) is 31.2 Å². The third kappa shape index (κ3) is 6.73. The van der Waals surface area contributed by atoms with Gasteiger partial charge in [0, 0.05) is 43.6 Å². The van der Waals surface area contributed by atoms with E-state index in [1.54, 1.807) is 22.1 Å². The highest BCUT2D eigenvalue weighted by Crippen LogP contribution is 2.29. The molecule has 2 heterocycles. The van der Waals surface area contributed by atoms with Gasteiger partial charge in [0.1, 0.15) is 11.7 Å². The molecule has 0 bridgehead atoms. The third-order valence-corrected chi connectivity index (χ3v) is 7.67. The van der Waals surface area contributed by atoms with Crippen LogP contribution < -0.4 is 4.74 Å². The maximum absolute atomic E-state index is 13.6. The van der Waals surface area contributed by atoms with Gasteiger partial charge in [-0.25, -0.2) is 4.98 Å². The minimum atomic E-state index is -0.369. The minimum Gasteiger partial charge on any atom is -0.472 e. The zero-order chi connectivity index (χ0) is 27.1. The summed E-state index contributed by atoms with van der Waals surface area (Å²) in [4.78, 5) is 34.7. The van der Waals surface area contributed by atoms with Crippen molar-refractivity contribution in [2.75, 3.05) is 26.7 Å². The lowest BCUT2D eigenvalue weighted by atomic mass is 9.88. The molecule has 202 valence electrons. The Bertz CT molecular complexity index is 1170. The predicted molar refractivity (Wildman–Crippen MR) is 147 cm³/mol. The molecule has 1 aliphatic heterocycles. The molecule has 0 spiro atoms. The van der Waals surface area contributed by atoms with E-state index in [9.17, 15) is 14.7 Å².